The fourth-order valence-corrected chi connectivity index (χ4v) is 6.60. The van der Waals surface area contributed by atoms with Crippen LogP contribution in [0.3, 0.4) is 0 Å². The van der Waals surface area contributed by atoms with Crippen molar-refractivity contribution in [2.45, 2.75) is 0 Å². The molecule has 3 nitrogen and oxygen atoms in total. The molecular weight excluding hydrogens is 486 g/mol. The first kappa shape index (κ1) is 21.5. The molecular formula is C37H23N3. The molecule has 0 atom stereocenters. The van der Waals surface area contributed by atoms with Crippen LogP contribution in [-0.4, -0.2) is 14.1 Å². The second kappa shape index (κ2) is 8.05. The van der Waals surface area contributed by atoms with Crippen molar-refractivity contribution in [3.05, 3.63) is 140 Å². The molecule has 9 aromatic rings. The van der Waals surface area contributed by atoms with Gasteiger partial charge < -0.3 is 4.57 Å². The lowest BCUT2D eigenvalue weighted by Crippen LogP contribution is -1.97. The van der Waals surface area contributed by atoms with Gasteiger partial charge in [0, 0.05) is 38.0 Å². The fourth-order valence-electron chi connectivity index (χ4n) is 6.60. The van der Waals surface area contributed by atoms with Gasteiger partial charge in [0.15, 0.2) is 0 Å². The molecule has 186 valence electrons. The van der Waals surface area contributed by atoms with Crippen LogP contribution in [0, 0.1) is 0 Å². The van der Waals surface area contributed by atoms with Crippen molar-refractivity contribution in [2.24, 2.45) is 0 Å². The van der Waals surface area contributed by atoms with E-state index in [1.807, 2.05) is 0 Å². The Kier molecular flexibility index (Phi) is 4.33. The molecule has 3 heterocycles. The number of hydrogen-bond donors (Lipinski definition) is 0. The summed E-state index contributed by atoms with van der Waals surface area (Å²) in [7, 11) is 0. The third-order valence-electron chi connectivity index (χ3n) is 8.28. The highest BCUT2D eigenvalue weighted by Gasteiger charge is 2.20. The summed E-state index contributed by atoms with van der Waals surface area (Å²) in [5, 5.41) is 8.66. The Morgan fingerprint density at radius 3 is 1.95 bits per heavy atom. The Hall–Kier alpha value is -5.41. The van der Waals surface area contributed by atoms with Crippen molar-refractivity contribution in [1.82, 2.24) is 14.1 Å². The molecule has 0 amide bonds. The minimum Gasteiger partial charge on any atom is -0.309 e. The molecule has 0 N–H and O–H groups in total. The predicted octanol–water partition coefficient (Wildman–Crippen LogP) is 9.58. The van der Waals surface area contributed by atoms with E-state index in [1.165, 1.54) is 43.4 Å². The van der Waals surface area contributed by atoms with E-state index in [4.69, 9.17) is 4.98 Å². The van der Waals surface area contributed by atoms with E-state index in [-0.39, 0.29) is 0 Å². The van der Waals surface area contributed by atoms with Gasteiger partial charge in [-0.25, -0.2) is 4.98 Å². The maximum Gasteiger partial charge on any atom is 0.138 e. The maximum absolute atomic E-state index is 5.12. The SMILES string of the molecule is c1ccc(-n2c3ccccc3c3ccc4ccc5c(c6ccccc6n5-c5ccc6ccccc6n5)c4c32)cc1. The van der Waals surface area contributed by atoms with Crippen LogP contribution in [0.25, 0.3) is 76.8 Å². The van der Waals surface area contributed by atoms with Crippen LogP contribution in [0.5, 0.6) is 0 Å². The van der Waals surface area contributed by atoms with E-state index in [0.29, 0.717) is 0 Å². The van der Waals surface area contributed by atoms with Gasteiger partial charge in [-0.15, -0.1) is 0 Å². The van der Waals surface area contributed by atoms with E-state index in [9.17, 15) is 0 Å². The maximum atomic E-state index is 5.12. The van der Waals surface area contributed by atoms with Gasteiger partial charge >= 0.3 is 0 Å². The number of benzene rings is 6. The largest absolute Gasteiger partial charge is 0.309 e. The summed E-state index contributed by atoms with van der Waals surface area (Å²) in [6, 6.07) is 49.9. The molecule has 0 bridgehead atoms. The summed E-state index contributed by atoms with van der Waals surface area (Å²) in [6.45, 7) is 0. The third kappa shape index (κ3) is 2.86. The lowest BCUT2D eigenvalue weighted by atomic mass is 10.0. The van der Waals surface area contributed by atoms with Crippen LogP contribution in [-0.2, 0) is 0 Å². The van der Waals surface area contributed by atoms with E-state index < -0.39 is 0 Å². The second-order valence-corrected chi connectivity index (χ2v) is 10.4. The van der Waals surface area contributed by atoms with Crippen LogP contribution in [0.2, 0.25) is 0 Å². The molecule has 3 heteroatoms. The zero-order chi connectivity index (χ0) is 26.2. The number of fused-ring (bicyclic) bond motifs is 10. The van der Waals surface area contributed by atoms with Gasteiger partial charge in [0.1, 0.15) is 5.82 Å². The smallest absolute Gasteiger partial charge is 0.138 e. The molecule has 0 saturated heterocycles. The van der Waals surface area contributed by atoms with Crippen LogP contribution < -0.4 is 0 Å². The van der Waals surface area contributed by atoms with Gasteiger partial charge in [-0.1, -0.05) is 91.0 Å². The monoisotopic (exact) mass is 509 g/mol. The van der Waals surface area contributed by atoms with Gasteiger partial charge in [-0.2, -0.15) is 0 Å². The average Bonchev–Trinajstić information content (AvgIpc) is 3.54. The first-order valence-corrected chi connectivity index (χ1v) is 13.7. The van der Waals surface area contributed by atoms with E-state index in [2.05, 4.69) is 149 Å². The minimum absolute atomic E-state index is 0.931. The Morgan fingerprint density at radius 1 is 0.400 bits per heavy atom. The summed E-state index contributed by atoms with van der Waals surface area (Å²) >= 11 is 0. The van der Waals surface area contributed by atoms with Crippen molar-refractivity contribution >= 4 is 65.3 Å². The van der Waals surface area contributed by atoms with Gasteiger partial charge in [-0.3, -0.25) is 4.57 Å². The van der Waals surface area contributed by atoms with Crippen molar-refractivity contribution in [3.8, 4) is 11.5 Å². The fraction of sp³-hybridized carbons (Fsp3) is 0. The van der Waals surface area contributed by atoms with E-state index in [1.54, 1.807) is 0 Å². The zero-order valence-corrected chi connectivity index (χ0v) is 21.6. The van der Waals surface area contributed by atoms with Gasteiger partial charge in [0.05, 0.1) is 27.6 Å². The minimum atomic E-state index is 0.931. The first-order valence-electron chi connectivity index (χ1n) is 13.7. The summed E-state index contributed by atoms with van der Waals surface area (Å²) in [5.41, 5.74) is 6.94. The Labute approximate surface area is 230 Å². The highest BCUT2D eigenvalue weighted by Crippen LogP contribution is 2.43. The summed E-state index contributed by atoms with van der Waals surface area (Å²) < 4.78 is 4.76. The standard InChI is InChI=1S/C37H23N3/c1-2-11-26(12-3-1)39-31-16-8-5-13-27(31)28-21-18-25-19-22-33-36(35(25)37(28)39)29-14-6-9-17-32(29)40(33)34-23-20-24-10-4-7-15-30(24)38-34/h1-23H. The molecule has 0 fully saturated rings. The predicted molar refractivity (Wildman–Crippen MR) is 168 cm³/mol. The van der Waals surface area contributed by atoms with Crippen LogP contribution in [0.4, 0.5) is 0 Å². The summed E-state index contributed by atoms with van der Waals surface area (Å²) in [6.07, 6.45) is 0. The average molecular weight is 510 g/mol. The lowest BCUT2D eigenvalue weighted by Gasteiger charge is -2.11. The summed E-state index contributed by atoms with van der Waals surface area (Å²) in [4.78, 5) is 5.12. The Bertz CT molecular complexity index is 2430. The van der Waals surface area contributed by atoms with Crippen LogP contribution in [0.1, 0.15) is 0 Å². The molecule has 0 radical (unpaired) electrons. The number of nitrogens with zero attached hydrogens (tertiary/aromatic N) is 3. The molecule has 0 spiro atoms. The molecule has 40 heavy (non-hydrogen) atoms. The first-order chi connectivity index (χ1) is 19.9. The number of rotatable bonds is 2. The molecule has 0 unspecified atom stereocenters. The number of pyridine rings is 1. The van der Waals surface area contributed by atoms with Gasteiger partial charge in [0.2, 0.25) is 0 Å². The molecule has 0 aliphatic rings. The van der Waals surface area contributed by atoms with Crippen molar-refractivity contribution < 1.29 is 0 Å². The highest BCUT2D eigenvalue weighted by atomic mass is 15.1. The zero-order valence-electron chi connectivity index (χ0n) is 21.6. The number of para-hydroxylation sites is 4. The van der Waals surface area contributed by atoms with Crippen LogP contribution in [0.15, 0.2) is 140 Å². The highest BCUT2D eigenvalue weighted by molar-refractivity contribution is 6.30. The van der Waals surface area contributed by atoms with Crippen molar-refractivity contribution in [2.75, 3.05) is 0 Å². The van der Waals surface area contributed by atoms with Crippen molar-refractivity contribution in [3.63, 3.8) is 0 Å². The Morgan fingerprint density at radius 2 is 1.07 bits per heavy atom. The second-order valence-electron chi connectivity index (χ2n) is 10.4. The van der Waals surface area contributed by atoms with E-state index >= 15 is 0 Å². The van der Waals surface area contributed by atoms with Crippen LogP contribution >= 0.6 is 0 Å². The number of hydrogen-bond acceptors (Lipinski definition) is 1. The molecule has 9 rings (SSSR count). The quantitative estimate of drug-likeness (QED) is 0.227. The summed E-state index contributed by atoms with van der Waals surface area (Å²) in [5.74, 6) is 0.931. The number of aromatic nitrogens is 3. The topological polar surface area (TPSA) is 22.8 Å². The van der Waals surface area contributed by atoms with Gasteiger partial charge in [0.25, 0.3) is 0 Å². The molecule has 0 aliphatic carbocycles. The third-order valence-corrected chi connectivity index (χ3v) is 8.28. The Balaban J connectivity index is 1.52. The molecule has 3 aromatic heterocycles. The normalized spacial score (nSPS) is 12.0. The molecule has 0 aliphatic heterocycles. The van der Waals surface area contributed by atoms with E-state index in [0.717, 1.165) is 33.4 Å². The lowest BCUT2D eigenvalue weighted by molar-refractivity contribution is 1.10. The molecule has 0 saturated carbocycles. The molecule has 6 aromatic carbocycles. The van der Waals surface area contributed by atoms with Crippen molar-refractivity contribution in [1.29, 1.82) is 0 Å². The van der Waals surface area contributed by atoms with Gasteiger partial charge in [-0.05, 0) is 53.9 Å².